The molecule has 4 heteroatoms. The average molecular weight is 311 g/mol. The number of unbranched alkanes of at least 4 members (excludes halogenated alkanes) is 1. The highest BCUT2D eigenvalue weighted by Gasteiger charge is 2.09. The third kappa shape index (κ3) is 5.27. The summed E-state index contributed by atoms with van der Waals surface area (Å²) in [6, 6.07) is 6.94. The first-order chi connectivity index (χ1) is 8.63. The number of allylic oxidation sites excluding steroid dienone is 1. The van der Waals surface area contributed by atoms with Crippen molar-refractivity contribution in [3.8, 4) is 0 Å². The van der Waals surface area contributed by atoms with Crippen molar-refractivity contribution < 1.29 is 14.3 Å². The van der Waals surface area contributed by atoms with Crippen molar-refractivity contribution in [1.82, 2.24) is 0 Å². The highest BCUT2D eigenvalue weighted by molar-refractivity contribution is 9.10. The van der Waals surface area contributed by atoms with Crippen molar-refractivity contribution in [2.75, 3.05) is 6.61 Å². The molecule has 1 rings (SSSR count). The van der Waals surface area contributed by atoms with Crippen LogP contribution in [0.2, 0.25) is 0 Å². The number of Topliss-reactive ketones (excluding diaryl/α,β-unsaturated/α-hetero) is 1. The molecule has 0 fully saturated rings. The average Bonchev–Trinajstić information content (AvgIpc) is 2.37. The maximum Gasteiger partial charge on any atom is 0.306 e. The van der Waals surface area contributed by atoms with Crippen LogP contribution in [0.4, 0.5) is 0 Å². The molecule has 96 valence electrons. The number of benzene rings is 1. The van der Waals surface area contributed by atoms with Crippen molar-refractivity contribution in [2.45, 2.75) is 19.3 Å². The molecule has 0 saturated heterocycles. The van der Waals surface area contributed by atoms with Gasteiger partial charge in [-0.25, -0.2) is 0 Å². The lowest BCUT2D eigenvalue weighted by molar-refractivity contribution is -0.142. The third-order valence-corrected chi connectivity index (χ3v) is 2.85. The zero-order valence-electron chi connectivity index (χ0n) is 10.0. The molecule has 0 atom stereocenters. The molecule has 0 unspecified atom stereocenters. The minimum absolute atomic E-state index is 0.195. The van der Waals surface area contributed by atoms with Gasteiger partial charge in [0.25, 0.3) is 0 Å². The summed E-state index contributed by atoms with van der Waals surface area (Å²) in [6.07, 6.45) is 3.55. The second-order valence-electron chi connectivity index (χ2n) is 3.77. The molecule has 0 bridgehead atoms. The Morgan fingerprint density at radius 1 is 1.28 bits per heavy atom. The Balaban J connectivity index is 2.34. The first kappa shape index (κ1) is 14.6. The second kappa shape index (κ2) is 7.82. The molecule has 0 aliphatic carbocycles. The van der Waals surface area contributed by atoms with Gasteiger partial charge in [-0.05, 0) is 25.0 Å². The van der Waals surface area contributed by atoms with E-state index in [4.69, 9.17) is 4.74 Å². The first-order valence-electron chi connectivity index (χ1n) is 5.69. The summed E-state index contributed by atoms with van der Waals surface area (Å²) >= 11 is 3.29. The van der Waals surface area contributed by atoms with E-state index in [9.17, 15) is 9.59 Å². The predicted molar refractivity (Wildman–Crippen MR) is 73.5 cm³/mol. The topological polar surface area (TPSA) is 43.4 Å². The van der Waals surface area contributed by atoms with Crippen LogP contribution in [-0.4, -0.2) is 18.4 Å². The summed E-state index contributed by atoms with van der Waals surface area (Å²) in [5, 5.41) is 0. The maximum absolute atomic E-state index is 11.7. The van der Waals surface area contributed by atoms with Crippen LogP contribution in [0.1, 0.15) is 29.6 Å². The van der Waals surface area contributed by atoms with Gasteiger partial charge in [-0.2, -0.15) is 0 Å². The summed E-state index contributed by atoms with van der Waals surface area (Å²) in [6.45, 7) is 3.37. The molecule has 0 saturated carbocycles. The fraction of sp³-hybridized carbons (Fsp3) is 0.286. The molecule has 0 aliphatic heterocycles. The Kier molecular flexibility index (Phi) is 6.36. The van der Waals surface area contributed by atoms with Gasteiger partial charge >= 0.3 is 5.97 Å². The Bertz CT molecular complexity index is 423. The van der Waals surface area contributed by atoms with E-state index in [2.05, 4.69) is 22.5 Å². The van der Waals surface area contributed by atoms with Crippen molar-refractivity contribution in [1.29, 1.82) is 0 Å². The van der Waals surface area contributed by atoms with E-state index >= 15 is 0 Å². The van der Waals surface area contributed by atoms with Gasteiger partial charge < -0.3 is 4.74 Å². The molecule has 1 aromatic carbocycles. The fourth-order valence-corrected chi connectivity index (χ4v) is 1.59. The monoisotopic (exact) mass is 310 g/mol. The largest absolute Gasteiger partial charge is 0.457 e. The molecule has 1 aromatic rings. The Labute approximate surface area is 115 Å². The summed E-state index contributed by atoms with van der Waals surface area (Å²) in [4.78, 5) is 23.0. The molecule has 0 aromatic heterocycles. The lowest BCUT2D eigenvalue weighted by atomic mass is 10.1. The highest BCUT2D eigenvalue weighted by atomic mass is 79.9. The minimum atomic E-state index is -0.345. The second-order valence-corrected chi connectivity index (χ2v) is 4.69. The predicted octanol–water partition coefficient (Wildman–Crippen LogP) is 3.53. The number of rotatable bonds is 7. The molecular formula is C14H15BrO3. The Morgan fingerprint density at radius 2 is 1.94 bits per heavy atom. The zero-order chi connectivity index (χ0) is 13.4. The number of halogens is 1. The molecule has 0 amide bonds. The molecule has 18 heavy (non-hydrogen) atoms. The molecule has 0 spiro atoms. The first-order valence-corrected chi connectivity index (χ1v) is 6.48. The number of hydrogen-bond donors (Lipinski definition) is 0. The van der Waals surface area contributed by atoms with Gasteiger partial charge in [-0.3, -0.25) is 9.59 Å². The zero-order valence-corrected chi connectivity index (χ0v) is 11.6. The SMILES string of the molecule is C=CCCCC(=O)OCC(=O)c1ccc(Br)cc1. The smallest absolute Gasteiger partial charge is 0.306 e. The Morgan fingerprint density at radius 3 is 2.56 bits per heavy atom. The summed E-state index contributed by atoms with van der Waals surface area (Å²) in [5.41, 5.74) is 0.539. The summed E-state index contributed by atoms with van der Waals surface area (Å²) < 4.78 is 5.80. The molecule has 3 nitrogen and oxygen atoms in total. The maximum atomic E-state index is 11.7. The number of carbonyl (C=O) groups is 2. The van der Waals surface area contributed by atoms with Gasteiger partial charge in [-0.1, -0.05) is 34.1 Å². The Hall–Kier alpha value is -1.42. The van der Waals surface area contributed by atoms with Crippen molar-refractivity contribution in [3.63, 3.8) is 0 Å². The highest BCUT2D eigenvalue weighted by Crippen LogP contribution is 2.11. The van der Waals surface area contributed by atoms with E-state index in [1.807, 2.05) is 0 Å². The molecule has 0 aliphatic rings. The van der Waals surface area contributed by atoms with Crippen LogP contribution >= 0.6 is 15.9 Å². The van der Waals surface area contributed by atoms with E-state index in [0.29, 0.717) is 18.4 Å². The van der Waals surface area contributed by atoms with Gasteiger partial charge in [0.2, 0.25) is 0 Å². The van der Waals surface area contributed by atoms with Crippen molar-refractivity contribution >= 4 is 27.7 Å². The third-order valence-electron chi connectivity index (χ3n) is 2.32. The van der Waals surface area contributed by atoms with Crippen LogP contribution < -0.4 is 0 Å². The number of esters is 1. The quantitative estimate of drug-likeness (QED) is 0.335. The summed E-state index contributed by atoms with van der Waals surface area (Å²) in [5.74, 6) is -0.540. The van der Waals surface area contributed by atoms with Gasteiger partial charge in [0.1, 0.15) is 0 Å². The van der Waals surface area contributed by atoms with Crippen LogP contribution in [0, 0.1) is 0 Å². The van der Waals surface area contributed by atoms with Crippen LogP contribution in [0.15, 0.2) is 41.4 Å². The number of carbonyl (C=O) groups excluding carboxylic acids is 2. The van der Waals surface area contributed by atoms with E-state index in [1.54, 1.807) is 30.3 Å². The van der Waals surface area contributed by atoms with Crippen LogP contribution in [0.25, 0.3) is 0 Å². The molecular weight excluding hydrogens is 296 g/mol. The van der Waals surface area contributed by atoms with Gasteiger partial charge in [0.15, 0.2) is 12.4 Å². The standard InChI is InChI=1S/C14H15BrO3/c1-2-3-4-5-14(17)18-10-13(16)11-6-8-12(15)9-7-11/h2,6-9H,1,3-5,10H2. The van der Waals surface area contributed by atoms with Crippen LogP contribution in [0.5, 0.6) is 0 Å². The number of ether oxygens (including phenoxy) is 1. The lowest BCUT2D eigenvalue weighted by Gasteiger charge is -2.04. The molecule has 0 heterocycles. The summed E-state index contributed by atoms with van der Waals surface area (Å²) in [7, 11) is 0. The van der Waals surface area contributed by atoms with E-state index in [-0.39, 0.29) is 18.4 Å². The lowest BCUT2D eigenvalue weighted by Crippen LogP contribution is -2.13. The van der Waals surface area contributed by atoms with Crippen molar-refractivity contribution in [2.24, 2.45) is 0 Å². The van der Waals surface area contributed by atoms with E-state index in [1.165, 1.54) is 0 Å². The van der Waals surface area contributed by atoms with Crippen molar-refractivity contribution in [3.05, 3.63) is 47.0 Å². The fourth-order valence-electron chi connectivity index (χ4n) is 1.33. The normalized spacial score (nSPS) is 9.83. The van der Waals surface area contributed by atoms with Gasteiger partial charge in [0.05, 0.1) is 0 Å². The minimum Gasteiger partial charge on any atom is -0.457 e. The number of ketones is 1. The van der Waals surface area contributed by atoms with E-state index in [0.717, 1.165) is 10.9 Å². The van der Waals surface area contributed by atoms with Crippen LogP contribution in [0.3, 0.4) is 0 Å². The molecule has 0 radical (unpaired) electrons. The van der Waals surface area contributed by atoms with Gasteiger partial charge in [0, 0.05) is 16.5 Å². The van der Waals surface area contributed by atoms with E-state index < -0.39 is 0 Å². The number of hydrogen-bond acceptors (Lipinski definition) is 3. The van der Waals surface area contributed by atoms with Crippen LogP contribution in [-0.2, 0) is 9.53 Å². The van der Waals surface area contributed by atoms with Gasteiger partial charge in [-0.15, -0.1) is 6.58 Å². The molecule has 0 N–H and O–H groups in total.